The lowest BCUT2D eigenvalue weighted by Gasteiger charge is -1.85. The van der Waals surface area contributed by atoms with Crippen LogP contribution in [0, 0.1) is 0 Å². The highest BCUT2D eigenvalue weighted by atomic mass is 19.1. The Morgan fingerprint density at radius 3 is 2.33 bits per heavy atom. The fourth-order valence-electron chi connectivity index (χ4n) is 0.436. The average molecular weight is 126 g/mol. The lowest BCUT2D eigenvalue weighted by molar-refractivity contribution is 0.665. The predicted molar refractivity (Wildman–Crippen MR) is 38.8 cm³/mol. The van der Waals surface area contributed by atoms with Crippen molar-refractivity contribution in [2.24, 2.45) is 0 Å². The summed E-state index contributed by atoms with van der Waals surface area (Å²) in [5, 5.41) is 0. The van der Waals surface area contributed by atoms with Gasteiger partial charge in [-0.05, 0) is 26.0 Å². The molecule has 0 heterocycles. The third-order valence-electron chi connectivity index (χ3n) is 0.704. The van der Waals surface area contributed by atoms with Crippen LogP contribution in [0.25, 0.3) is 0 Å². The zero-order valence-corrected chi connectivity index (χ0v) is 5.82. The molecule has 0 rings (SSSR count). The van der Waals surface area contributed by atoms with Gasteiger partial charge in [-0.25, -0.2) is 4.39 Å². The second-order valence-corrected chi connectivity index (χ2v) is 2.01. The molecule has 0 aliphatic carbocycles. The van der Waals surface area contributed by atoms with Gasteiger partial charge >= 0.3 is 0 Å². The second-order valence-electron chi connectivity index (χ2n) is 2.01. The summed E-state index contributed by atoms with van der Waals surface area (Å²) in [5.74, 6) is -0.245. The van der Waals surface area contributed by atoms with Gasteiger partial charge in [-0.2, -0.15) is 0 Å². The lowest BCUT2D eigenvalue weighted by atomic mass is 10.3. The van der Waals surface area contributed by atoms with Gasteiger partial charge in [0.05, 0.1) is 0 Å². The molecule has 0 bridgehead atoms. The van der Waals surface area contributed by atoms with E-state index in [9.17, 15) is 4.39 Å². The van der Waals surface area contributed by atoms with Crippen LogP contribution < -0.4 is 0 Å². The van der Waals surface area contributed by atoms with Crippen molar-refractivity contribution in [3.63, 3.8) is 0 Å². The first kappa shape index (κ1) is 8.15. The molecule has 0 fully saturated rings. The molecule has 0 aromatic rings. The van der Waals surface area contributed by atoms with E-state index in [1.165, 1.54) is 18.2 Å². The van der Waals surface area contributed by atoms with E-state index in [0.29, 0.717) is 0 Å². The van der Waals surface area contributed by atoms with E-state index in [1.807, 2.05) is 13.8 Å². The number of halogens is 1. The molecule has 0 aromatic carbocycles. The Labute approximate surface area is 55.4 Å². The highest BCUT2D eigenvalue weighted by Gasteiger charge is 1.83. The average Bonchev–Trinajstić information content (AvgIpc) is 1.63. The molecule has 0 saturated heterocycles. The monoisotopic (exact) mass is 126 g/mol. The molecule has 50 valence electrons. The van der Waals surface area contributed by atoms with Gasteiger partial charge in [0, 0.05) is 0 Å². The van der Waals surface area contributed by atoms with Crippen molar-refractivity contribution in [1.82, 2.24) is 0 Å². The summed E-state index contributed by atoms with van der Waals surface area (Å²) in [4.78, 5) is 0. The zero-order valence-electron chi connectivity index (χ0n) is 5.82. The summed E-state index contributed by atoms with van der Waals surface area (Å²) in [6.07, 6.45) is 4.21. The van der Waals surface area contributed by atoms with Crippen molar-refractivity contribution in [2.45, 2.75) is 13.8 Å². The molecular weight excluding hydrogens is 115 g/mol. The maximum absolute atomic E-state index is 12.4. The molecule has 1 heteroatoms. The largest absolute Gasteiger partial charge is 0.207 e. The van der Waals surface area contributed by atoms with Crippen LogP contribution in [0.15, 0.2) is 36.2 Å². The van der Waals surface area contributed by atoms with Crippen molar-refractivity contribution in [3.8, 4) is 0 Å². The minimum absolute atomic E-state index is 0.245. The van der Waals surface area contributed by atoms with Gasteiger partial charge in [-0.1, -0.05) is 18.2 Å². The standard InChI is InChI=1S/C8H11F/c1-4-5-8(9)6-7(2)3/h4-6H,1H2,2-3H3/b8-5+. The van der Waals surface area contributed by atoms with Gasteiger partial charge in [-0.3, -0.25) is 0 Å². The number of hydrogen-bond donors (Lipinski definition) is 0. The molecule has 0 unspecified atom stereocenters. The predicted octanol–water partition coefficient (Wildman–Crippen LogP) is 2.99. The Morgan fingerprint density at radius 2 is 2.00 bits per heavy atom. The lowest BCUT2D eigenvalue weighted by Crippen LogP contribution is -1.66. The highest BCUT2D eigenvalue weighted by Crippen LogP contribution is 2.02. The zero-order chi connectivity index (χ0) is 7.28. The molecule has 0 amide bonds. The maximum atomic E-state index is 12.4. The third-order valence-corrected chi connectivity index (χ3v) is 0.704. The molecule has 0 aromatic heterocycles. The van der Waals surface area contributed by atoms with Crippen LogP contribution in [-0.4, -0.2) is 0 Å². The molecule has 0 N–H and O–H groups in total. The molecular formula is C8H11F. The summed E-state index contributed by atoms with van der Waals surface area (Å²) in [5.41, 5.74) is 0.950. The van der Waals surface area contributed by atoms with E-state index in [4.69, 9.17) is 0 Å². The first-order valence-corrected chi connectivity index (χ1v) is 2.80. The summed E-state index contributed by atoms with van der Waals surface area (Å²) >= 11 is 0. The van der Waals surface area contributed by atoms with Gasteiger partial charge in [0.15, 0.2) is 0 Å². The van der Waals surface area contributed by atoms with E-state index in [0.717, 1.165) is 5.57 Å². The summed E-state index contributed by atoms with van der Waals surface area (Å²) in [6.45, 7) is 7.05. The van der Waals surface area contributed by atoms with E-state index in [2.05, 4.69) is 6.58 Å². The Hall–Kier alpha value is -0.850. The van der Waals surface area contributed by atoms with Crippen molar-refractivity contribution in [3.05, 3.63) is 36.2 Å². The van der Waals surface area contributed by atoms with Crippen LogP contribution in [-0.2, 0) is 0 Å². The van der Waals surface area contributed by atoms with Crippen LogP contribution in [0.3, 0.4) is 0 Å². The molecule has 0 aliphatic rings. The highest BCUT2D eigenvalue weighted by molar-refractivity contribution is 5.18. The molecule has 0 nitrogen and oxygen atoms in total. The molecule has 0 atom stereocenters. The minimum Gasteiger partial charge on any atom is -0.207 e. The van der Waals surface area contributed by atoms with Gasteiger partial charge in [0.2, 0.25) is 0 Å². The fraction of sp³-hybridized carbons (Fsp3) is 0.250. The first-order valence-electron chi connectivity index (χ1n) is 2.80. The van der Waals surface area contributed by atoms with Gasteiger partial charge in [0.25, 0.3) is 0 Å². The minimum atomic E-state index is -0.245. The molecule has 0 aliphatic heterocycles. The molecule has 0 spiro atoms. The first-order chi connectivity index (χ1) is 4.16. The maximum Gasteiger partial charge on any atom is 0.123 e. The van der Waals surface area contributed by atoms with Crippen molar-refractivity contribution >= 4 is 0 Å². The Bertz CT molecular complexity index is 148. The normalized spacial score (nSPS) is 10.8. The third kappa shape index (κ3) is 5.01. The van der Waals surface area contributed by atoms with Crippen LogP contribution in [0.2, 0.25) is 0 Å². The van der Waals surface area contributed by atoms with Crippen molar-refractivity contribution in [2.75, 3.05) is 0 Å². The fourth-order valence-corrected chi connectivity index (χ4v) is 0.436. The topological polar surface area (TPSA) is 0 Å². The van der Waals surface area contributed by atoms with Crippen LogP contribution in [0.4, 0.5) is 4.39 Å². The number of hydrogen-bond acceptors (Lipinski definition) is 0. The molecule has 9 heavy (non-hydrogen) atoms. The second kappa shape index (κ2) is 4.07. The van der Waals surface area contributed by atoms with Gasteiger partial charge in [-0.15, -0.1) is 0 Å². The number of allylic oxidation sites excluding steroid dienone is 5. The van der Waals surface area contributed by atoms with Crippen LogP contribution in [0.5, 0.6) is 0 Å². The van der Waals surface area contributed by atoms with Gasteiger partial charge < -0.3 is 0 Å². The SMILES string of the molecule is C=C/C=C(/F)C=C(C)C. The quantitative estimate of drug-likeness (QED) is 0.499. The van der Waals surface area contributed by atoms with E-state index in [1.54, 1.807) is 0 Å². The van der Waals surface area contributed by atoms with Crippen molar-refractivity contribution in [1.29, 1.82) is 0 Å². The van der Waals surface area contributed by atoms with Crippen LogP contribution >= 0.6 is 0 Å². The van der Waals surface area contributed by atoms with Crippen LogP contribution in [0.1, 0.15) is 13.8 Å². The Morgan fingerprint density at radius 1 is 1.44 bits per heavy atom. The smallest absolute Gasteiger partial charge is 0.123 e. The Kier molecular flexibility index (Phi) is 3.69. The van der Waals surface area contributed by atoms with E-state index in [-0.39, 0.29) is 5.83 Å². The molecule has 0 saturated carbocycles. The summed E-state index contributed by atoms with van der Waals surface area (Å²) in [7, 11) is 0. The Balaban J connectivity index is 4.05. The van der Waals surface area contributed by atoms with Gasteiger partial charge in [0.1, 0.15) is 5.83 Å². The molecule has 0 radical (unpaired) electrons. The number of rotatable bonds is 2. The van der Waals surface area contributed by atoms with Crippen molar-refractivity contribution < 1.29 is 4.39 Å². The van der Waals surface area contributed by atoms with E-state index >= 15 is 0 Å². The van der Waals surface area contributed by atoms with E-state index < -0.39 is 0 Å². The summed E-state index contributed by atoms with van der Waals surface area (Å²) in [6, 6.07) is 0. The summed E-state index contributed by atoms with van der Waals surface area (Å²) < 4.78 is 12.4.